The molecule has 26 heavy (non-hydrogen) atoms. The highest BCUT2D eigenvalue weighted by Gasteiger charge is 2.14. The molecule has 0 fully saturated rings. The van der Waals surface area contributed by atoms with Crippen LogP contribution in [0, 0.1) is 0 Å². The summed E-state index contributed by atoms with van der Waals surface area (Å²) in [7, 11) is 0. The Morgan fingerprint density at radius 3 is 2.54 bits per heavy atom. The number of amidine groups is 1. The van der Waals surface area contributed by atoms with Gasteiger partial charge in [0.25, 0.3) is 5.56 Å². The topological polar surface area (TPSA) is 92.5 Å². The molecule has 0 aliphatic rings. The van der Waals surface area contributed by atoms with Gasteiger partial charge in [0, 0.05) is 12.2 Å². The van der Waals surface area contributed by atoms with E-state index in [1.807, 2.05) is 61.5 Å². The zero-order chi connectivity index (χ0) is 18.4. The molecule has 0 spiro atoms. The quantitative estimate of drug-likeness (QED) is 0.433. The molecule has 3 aromatic rings. The van der Waals surface area contributed by atoms with Crippen LogP contribution in [-0.2, 0) is 0 Å². The Hall–Kier alpha value is -3.06. The average Bonchev–Trinajstić information content (AvgIpc) is 3.02. The Balaban J connectivity index is 1.75. The molecule has 0 saturated carbocycles. The van der Waals surface area contributed by atoms with Crippen molar-refractivity contribution < 1.29 is 4.74 Å². The summed E-state index contributed by atoms with van der Waals surface area (Å²) in [4.78, 5) is 16.3. The molecule has 6 nitrogen and oxygen atoms in total. The van der Waals surface area contributed by atoms with Crippen LogP contribution in [0.5, 0.6) is 11.5 Å². The summed E-state index contributed by atoms with van der Waals surface area (Å²) in [5.41, 5.74) is 6.94. The minimum absolute atomic E-state index is 0.237. The summed E-state index contributed by atoms with van der Waals surface area (Å²) in [5.74, 6) is 1.76. The van der Waals surface area contributed by atoms with E-state index < -0.39 is 0 Å². The predicted octanol–water partition coefficient (Wildman–Crippen LogP) is 4.09. The number of aromatic nitrogens is 1. The van der Waals surface area contributed by atoms with Gasteiger partial charge in [-0.05, 0) is 54.4 Å². The van der Waals surface area contributed by atoms with Crippen LogP contribution in [0.15, 0.2) is 64.4 Å². The van der Waals surface area contributed by atoms with E-state index in [-0.39, 0.29) is 11.4 Å². The fourth-order valence-corrected chi connectivity index (χ4v) is 3.06. The standard InChI is InChI=1S/C19H20N4O2S/c1-2-12-21-17(20)16-18(24)23-26-19(16)22-13-8-10-15(11-9-13)25-14-6-4-3-5-7-14/h3-11,22H,2,12H2,1H3,(H2,20,21)(H,23,24). The van der Waals surface area contributed by atoms with Crippen molar-refractivity contribution in [2.45, 2.75) is 13.3 Å². The summed E-state index contributed by atoms with van der Waals surface area (Å²) >= 11 is 1.20. The smallest absolute Gasteiger partial charge is 0.271 e. The number of benzene rings is 2. The number of H-pyrrole nitrogens is 1. The normalized spacial score (nSPS) is 11.3. The van der Waals surface area contributed by atoms with E-state index >= 15 is 0 Å². The van der Waals surface area contributed by atoms with Crippen molar-refractivity contribution in [3.63, 3.8) is 0 Å². The third kappa shape index (κ3) is 4.31. The van der Waals surface area contributed by atoms with Crippen LogP contribution in [0.2, 0.25) is 0 Å². The first-order valence-electron chi connectivity index (χ1n) is 8.29. The molecule has 0 aliphatic carbocycles. The average molecular weight is 368 g/mol. The first kappa shape index (κ1) is 17.8. The maximum absolute atomic E-state index is 12.0. The second kappa shape index (κ2) is 8.35. The summed E-state index contributed by atoms with van der Waals surface area (Å²) < 4.78 is 8.47. The van der Waals surface area contributed by atoms with Crippen LogP contribution in [0.25, 0.3) is 0 Å². The van der Waals surface area contributed by atoms with E-state index in [2.05, 4.69) is 14.7 Å². The third-order valence-corrected chi connectivity index (χ3v) is 4.35. The zero-order valence-corrected chi connectivity index (χ0v) is 15.2. The van der Waals surface area contributed by atoms with Crippen molar-refractivity contribution >= 4 is 28.1 Å². The highest BCUT2D eigenvalue weighted by molar-refractivity contribution is 7.10. The molecule has 0 saturated heterocycles. The van der Waals surface area contributed by atoms with Crippen molar-refractivity contribution in [1.82, 2.24) is 4.37 Å². The van der Waals surface area contributed by atoms with Gasteiger partial charge in [0.2, 0.25) is 0 Å². The number of nitrogens with zero attached hydrogens (tertiary/aromatic N) is 1. The SMILES string of the molecule is CCCN=C(N)c1c(Nc2ccc(Oc3ccccc3)cc2)s[nH]c1=O. The van der Waals surface area contributed by atoms with Crippen molar-refractivity contribution in [1.29, 1.82) is 0 Å². The van der Waals surface area contributed by atoms with Crippen LogP contribution >= 0.6 is 11.5 Å². The summed E-state index contributed by atoms with van der Waals surface area (Å²) in [5, 5.41) is 3.86. The minimum Gasteiger partial charge on any atom is -0.457 e. The molecule has 4 N–H and O–H groups in total. The Morgan fingerprint density at radius 2 is 1.85 bits per heavy atom. The zero-order valence-electron chi connectivity index (χ0n) is 14.4. The molecule has 7 heteroatoms. The highest BCUT2D eigenvalue weighted by atomic mass is 32.1. The van der Waals surface area contributed by atoms with E-state index in [9.17, 15) is 4.79 Å². The first-order chi connectivity index (χ1) is 12.7. The van der Waals surface area contributed by atoms with Crippen LogP contribution in [0.1, 0.15) is 18.9 Å². The summed E-state index contributed by atoms with van der Waals surface area (Å²) in [6, 6.07) is 17.1. The third-order valence-electron chi connectivity index (χ3n) is 3.55. The molecule has 0 atom stereocenters. The van der Waals surface area contributed by atoms with Gasteiger partial charge in [-0.25, -0.2) is 0 Å². The molecule has 0 amide bonds. The molecular weight excluding hydrogens is 348 g/mol. The van der Waals surface area contributed by atoms with Crippen LogP contribution in [0.3, 0.4) is 0 Å². The number of hydrogen-bond acceptors (Lipinski definition) is 5. The summed E-state index contributed by atoms with van der Waals surface area (Å²) in [6.07, 6.45) is 0.869. The van der Waals surface area contributed by atoms with Gasteiger partial charge in [-0.3, -0.25) is 14.2 Å². The lowest BCUT2D eigenvalue weighted by Gasteiger charge is -2.08. The molecule has 0 unspecified atom stereocenters. The van der Waals surface area contributed by atoms with Gasteiger partial charge in [0.1, 0.15) is 27.9 Å². The molecule has 2 aromatic carbocycles. The molecule has 0 aliphatic heterocycles. The number of nitrogens with two attached hydrogens (primary N) is 1. The maximum Gasteiger partial charge on any atom is 0.271 e. The van der Waals surface area contributed by atoms with Gasteiger partial charge < -0.3 is 15.8 Å². The van der Waals surface area contributed by atoms with Gasteiger partial charge in [-0.2, -0.15) is 0 Å². The van der Waals surface area contributed by atoms with E-state index in [0.29, 0.717) is 17.1 Å². The van der Waals surface area contributed by atoms with Gasteiger partial charge in [-0.15, -0.1) is 0 Å². The monoisotopic (exact) mass is 368 g/mol. The number of ether oxygens (including phenoxy) is 1. The van der Waals surface area contributed by atoms with E-state index in [0.717, 1.165) is 23.6 Å². The molecule has 1 aromatic heterocycles. The fourth-order valence-electron chi connectivity index (χ4n) is 2.30. The van der Waals surface area contributed by atoms with Crippen molar-refractivity contribution in [3.8, 4) is 11.5 Å². The van der Waals surface area contributed by atoms with Gasteiger partial charge >= 0.3 is 0 Å². The molecule has 0 radical (unpaired) electrons. The molecule has 0 bridgehead atoms. The number of aliphatic imine (C=N–C) groups is 1. The molecular formula is C19H20N4O2S. The number of anilines is 2. The molecule has 1 heterocycles. The van der Waals surface area contributed by atoms with Crippen LogP contribution < -0.4 is 21.3 Å². The van der Waals surface area contributed by atoms with E-state index in [1.54, 1.807) is 0 Å². The van der Waals surface area contributed by atoms with Gasteiger partial charge in [-0.1, -0.05) is 25.1 Å². The van der Waals surface area contributed by atoms with Crippen molar-refractivity contribution in [2.24, 2.45) is 10.7 Å². The predicted molar refractivity (Wildman–Crippen MR) is 107 cm³/mol. The summed E-state index contributed by atoms with van der Waals surface area (Å²) in [6.45, 7) is 2.60. The largest absolute Gasteiger partial charge is 0.457 e. The lowest BCUT2D eigenvalue weighted by molar-refractivity contribution is 0.483. The lowest BCUT2D eigenvalue weighted by atomic mass is 10.2. The first-order valence-corrected chi connectivity index (χ1v) is 9.10. The Morgan fingerprint density at radius 1 is 1.15 bits per heavy atom. The van der Waals surface area contributed by atoms with Crippen LogP contribution in [-0.4, -0.2) is 16.8 Å². The minimum atomic E-state index is -0.237. The second-order valence-corrected chi connectivity index (χ2v) is 6.39. The Bertz CT molecular complexity index is 930. The van der Waals surface area contributed by atoms with E-state index in [1.165, 1.54) is 11.5 Å². The fraction of sp³-hybridized carbons (Fsp3) is 0.158. The van der Waals surface area contributed by atoms with E-state index in [4.69, 9.17) is 10.5 Å². The van der Waals surface area contributed by atoms with Crippen LogP contribution in [0.4, 0.5) is 10.7 Å². The second-order valence-electron chi connectivity index (χ2n) is 5.57. The maximum atomic E-state index is 12.0. The number of rotatable bonds is 7. The molecule has 134 valence electrons. The number of nitrogens with one attached hydrogen (secondary N) is 2. The Labute approximate surface area is 155 Å². The van der Waals surface area contributed by atoms with Crippen molar-refractivity contribution in [2.75, 3.05) is 11.9 Å². The number of aromatic amines is 1. The number of para-hydroxylation sites is 1. The molecule has 3 rings (SSSR count). The van der Waals surface area contributed by atoms with Crippen molar-refractivity contribution in [3.05, 3.63) is 70.5 Å². The Kier molecular flexibility index (Phi) is 5.70. The van der Waals surface area contributed by atoms with Gasteiger partial charge in [0.05, 0.1) is 0 Å². The lowest BCUT2D eigenvalue weighted by Crippen LogP contribution is -2.22. The highest BCUT2D eigenvalue weighted by Crippen LogP contribution is 2.26. The van der Waals surface area contributed by atoms with Gasteiger partial charge in [0.15, 0.2) is 0 Å². The number of hydrogen-bond donors (Lipinski definition) is 3.